The largest absolute Gasteiger partial charge is 0.394 e. The molecule has 1 aromatic rings. The monoisotopic (exact) mass is 223 g/mol. The fraction of sp³-hybridized carbons (Fsp3) is 0.417. The second kappa shape index (κ2) is 6.25. The van der Waals surface area contributed by atoms with Crippen molar-refractivity contribution in [2.45, 2.75) is 26.0 Å². The molecule has 4 nitrogen and oxygen atoms in total. The van der Waals surface area contributed by atoms with Crippen LogP contribution in [0.5, 0.6) is 0 Å². The summed E-state index contributed by atoms with van der Waals surface area (Å²) in [7, 11) is 0. The molecule has 4 heteroatoms. The topological polar surface area (TPSA) is 69.6 Å². The third kappa shape index (κ3) is 3.32. The van der Waals surface area contributed by atoms with Gasteiger partial charge in [-0.25, -0.2) is 0 Å². The van der Waals surface area contributed by atoms with Crippen molar-refractivity contribution in [1.82, 2.24) is 5.32 Å². The maximum Gasteiger partial charge on any atom is 0.251 e. The molecule has 16 heavy (non-hydrogen) atoms. The zero-order valence-corrected chi connectivity index (χ0v) is 9.31. The van der Waals surface area contributed by atoms with Crippen LogP contribution in [0.3, 0.4) is 0 Å². The van der Waals surface area contributed by atoms with Crippen LogP contribution in [0, 0.1) is 0 Å². The summed E-state index contributed by atoms with van der Waals surface area (Å²) < 4.78 is 0. The zero-order chi connectivity index (χ0) is 12.0. The van der Waals surface area contributed by atoms with Gasteiger partial charge >= 0.3 is 0 Å². The van der Waals surface area contributed by atoms with E-state index in [1.54, 1.807) is 24.3 Å². The van der Waals surface area contributed by atoms with Crippen LogP contribution in [-0.4, -0.2) is 28.8 Å². The van der Waals surface area contributed by atoms with Crippen molar-refractivity contribution in [3.8, 4) is 0 Å². The van der Waals surface area contributed by atoms with Gasteiger partial charge < -0.3 is 15.5 Å². The number of carbonyl (C=O) groups excluding carboxylic acids is 1. The molecule has 0 saturated heterocycles. The summed E-state index contributed by atoms with van der Waals surface area (Å²) in [4.78, 5) is 11.7. The van der Waals surface area contributed by atoms with Crippen molar-refractivity contribution in [3.63, 3.8) is 0 Å². The number of carbonyl (C=O) groups is 1. The molecule has 0 bridgehead atoms. The van der Waals surface area contributed by atoms with E-state index >= 15 is 0 Å². The Kier molecular flexibility index (Phi) is 4.95. The fourth-order valence-corrected chi connectivity index (χ4v) is 1.31. The summed E-state index contributed by atoms with van der Waals surface area (Å²) in [5.41, 5.74) is 1.30. The lowest BCUT2D eigenvalue weighted by atomic mass is 10.1. The molecule has 1 amide bonds. The van der Waals surface area contributed by atoms with E-state index in [1.807, 2.05) is 6.92 Å². The smallest absolute Gasteiger partial charge is 0.251 e. The van der Waals surface area contributed by atoms with Crippen LogP contribution in [0.1, 0.15) is 29.3 Å². The first kappa shape index (κ1) is 12.7. The van der Waals surface area contributed by atoms with E-state index in [1.165, 1.54) is 0 Å². The summed E-state index contributed by atoms with van der Waals surface area (Å²) in [5.74, 6) is -0.203. The number of nitrogens with one attached hydrogen (secondary N) is 1. The van der Waals surface area contributed by atoms with Gasteiger partial charge in [0.1, 0.15) is 0 Å². The predicted molar refractivity (Wildman–Crippen MR) is 61.0 cm³/mol. The van der Waals surface area contributed by atoms with Crippen LogP contribution in [0.15, 0.2) is 24.3 Å². The summed E-state index contributed by atoms with van der Waals surface area (Å²) >= 11 is 0. The average molecular weight is 223 g/mol. The van der Waals surface area contributed by atoms with E-state index < -0.39 is 0 Å². The van der Waals surface area contributed by atoms with Gasteiger partial charge in [0.2, 0.25) is 0 Å². The highest BCUT2D eigenvalue weighted by molar-refractivity contribution is 5.94. The van der Waals surface area contributed by atoms with E-state index in [4.69, 9.17) is 10.2 Å². The lowest BCUT2D eigenvalue weighted by Crippen LogP contribution is -2.36. The summed E-state index contributed by atoms with van der Waals surface area (Å²) in [6.45, 7) is 1.81. The molecule has 1 atom stereocenters. The normalized spacial score (nSPS) is 12.2. The first-order valence-corrected chi connectivity index (χ1v) is 5.32. The number of benzene rings is 1. The molecule has 88 valence electrons. The minimum absolute atomic E-state index is 0.0316. The van der Waals surface area contributed by atoms with Crippen LogP contribution in [0.25, 0.3) is 0 Å². The second-order valence-electron chi connectivity index (χ2n) is 3.62. The molecule has 0 spiro atoms. The Morgan fingerprint density at radius 2 is 1.94 bits per heavy atom. The molecule has 0 heterocycles. The van der Waals surface area contributed by atoms with Gasteiger partial charge in [-0.15, -0.1) is 0 Å². The Morgan fingerprint density at radius 1 is 1.31 bits per heavy atom. The Balaban J connectivity index is 2.65. The number of hydrogen-bond donors (Lipinski definition) is 3. The molecule has 1 aromatic carbocycles. The van der Waals surface area contributed by atoms with Crippen LogP contribution in [0.2, 0.25) is 0 Å². The fourth-order valence-electron chi connectivity index (χ4n) is 1.31. The van der Waals surface area contributed by atoms with Crippen LogP contribution in [-0.2, 0) is 6.61 Å². The minimum atomic E-state index is -0.204. The molecule has 0 fully saturated rings. The van der Waals surface area contributed by atoms with E-state index in [0.717, 1.165) is 5.56 Å². The Bertz CT molecular complexity index is 331. The van der Waals surface area contributed by atoms with Crippen molar-refractivity contribution in [2.24, 2.45) is 0 Å². The predicted octanol–water partition coefficient (Wildman–Crippen LogP) is 0.680. The zero-order valence-electron chi connectivity index (χ0n) is 9.31. The molecule has 0 radical (unpaired) electrons. The van der Waals surface area contributed by atoms with E-state index in [-0.39, 0.29) is 25.2 Å². The molecule has 0 saturated carbocycles. The number of amides is 1. The Morgan fingerprint density at radius 3 is 2.38 bits per heavy atom. The van der Waals surface area contributed by atoms with Crippen molar-refractivity contribution < 1.29 is 15.0 Å². The molecular weight excluding hydrogens is 206 g/mol. The molecular formula is C12H17NO3. The summed E-state index contributed by atoms with van der Waals surface area (Å²) in [6, 6.07) is 6.52. The van der Waals surface area contributed by atoms with Crippen LogP contribution >= 0.6 is 0 Å². The van der Waals surface area contributed by atoms with Gasteiger partial charge in [0.05, 0.1) is 19.3 Å². The van der Waals surface area contributed by atoms with Crippen molar-refractivity contribution >= 4 is 5.91 Å². The first-order chi connectivity index (χ1) is 7.71. The van der Waals surface area contributed by atoms with Crippen molar-refractivity contribution in [1.29, 1.82) is 0 Å². The van der Waals surface area contributed by atoms with Crippen molar-refractivity contribution in [2.75, 3.05) is 6.61 Å². The Labute approximate surface area is 94.9 Å². The van der Waals surface area contributed by atoms with Gasteiger partial charge in [-0.05, 0) is 24.1 Å². The lowest BCUT2D eigenvalue weighted by molar-refractivity contribution is 0.0915. The first-order valence-electron chi connectivity index (χ1n) is 5.32. The maximum absolute atomic E-state index is 11.7. The van der Waals surface area contributed by atoms with Gasteiger partial charge in [0.25, 0.3) is 5.91 Å². The molecule has 3 N–H and O–H groups in total. The van der Waals surface area contributed by atoms with Crippen molar-refractivity contribution in [3.05, 3.63) is 35.4 Å². The van der Waals surface area contributed by atoms with E-state index in [0.29, 0.717) is 12.0 Å². The molecule has 0 aliphatic rings. The van der Waals surface area contributed by atoms with Gasteiger partial charge in [-0.2, -0.15) is 0 Å². The highest BCUT2D eigenvalue weighted by Crippen LogP contribution is 2.05. The third-order valence-electron chi connectivity index (χ3n) is 2.45. The van der Waals surface area contributed by atoms with E-state index in [9.17, 15) is 4.79 Å². The summed E-state index contributed by atoms with van der Waals surface area (Å²) in [5, 5.41) is 20.5. The third-order valence-corrected chi connectivity index (χ3v) is 2.45. The van der Waals surface area contributed by atoms with Gasteiger partial charge in [0, 0.05) is 5.56 Å². The van der Waals surface area contributed by atoms with Gasteiger partial charge in [-0.1, -0.05) is 19.1 Å². The second-order valence-corrected chi connectivity index (χ2v) is 3.62. The Hall–Kier alpha value is -1.39. The minimum Gasteiger partial charge on any atom is -0.394 e. The average Bonchev–Trinajstić information content (AvgIpc) is 2.35. The molecule has 0 aromatic heterocycles. The number of aliphatic hydroxyl groups excluding tert-OH is 2. The maximum atomic E-state index is 11.7. The summed E-state index contributed by atoms with van der Waals surface area (Å²) in [6.07, 6.45) is 0.691. The van der Waals surface area contributed by atoms with Crippen LogP contribution in [0.4, 0.5) is 0 Å². The molecule has 1 rings (SSSR count). The van der Waals surface area contributed by atoms with Gasteiger partial charge in [-0.3, -0.25) is 4.79 Å². The number of rotatable bonds is 5. The quantitative estimate of drug-likeness (QED) is 0.687. The van der Waals surface area contributed by atoms with Crippen LogP contribution < -0.4 is 5.32 Å². The molecule has 0 unspecified atom stereocenters. The lowest BCUT2D eigenvalue weighted by Gasteiger charge is -2.13. The molecule has 0 aliphatic carbocycles. The molecule has 0 aliphatic heterocycles. The highest BCUT2D eigenvalue weighted by Gasteiger charge is 2.10. The number of hydrogen-bond acceptors (Lipinski definition) is 3. The van der Waals surface area contributed by atoms with E-state index in [2.05, 4.69) is 5.32 Å². The standard InChI is InChI=1S/C12H17NO3/c1-2-11(8-15)13-12(16)10-5-3-9(7-14)4-6-10/h3-6,11,14-15H,2,7-8H2,1H3,(H,13,16)/t11-/m0/s1. The highest BCUT2D eigenvalue weighted by atomic mass is 16.3. The number of aliphatic hydroxyl groups is 2. The SMILES string of the molecule is CC[C@@H](CO)NC(=O)c1ccc(CO)cc1. The van der Waals surface area contributed by atoms with Gasteiger partial charge in [0.15, 0.2) is 0 Å².